The van der Waals surface area contributed by atoms with Crippen LogP contribution in [0.25, 0.3) is 0 Å². The molecule has 0 aromatic rings. The lowest BCUT2D eigenvalue weighted by Crippen LogP contribution is -2.30. The van der Waals surface area contributed by atoms with E-state index in [9.17, 15) is 14.4 Å². The first-order valence-electron chi connectivity index (χ1n) is 28.0. The predicted molar refractivity (Wildman–Crippen MR) is 297 cm³/mol. The fourth-order valence-electron chi connectivity index (χ4n) is 7.22. The van der Waals surface area contributed by atoms with Gasteiger partial charge in [-0.1, -0.05) is 213 Å². The van der Waals surface area contributed by atoms with E-state index in [-0.39, 0.29) is 37.5 Å². The number of hydrogen-bond acceptors (Lipinski definition) is 6. The largest absolute Gasteiger partial charge is 0.462 e. The Morgan fingerprint density at radius 3 is 0.928 bits per heavy atom. The van der Waals surface area contributed by atoms with Crippen LogP contribution in [0.3, 0.4) is 0 Å². The molecular weight excluding hydrogens is 853 g/mol. The quantitative estimate of drug-likeness (QED) is 0.0262. The van der Waals surface area contributed by atoms with Crippen LogP contribution in [-0.2, 0) is 28.6 Å². The maximum absolute atomic E-state index is 12.8. The lowest BCUT2D eigenvalue weighted by atomic mass is 10.1. The third-order valence-electron chi connectivity index (χ3n) is 11.4. The van der Waals surface area contributed by atoms with Crippen LogP contribution < -0.4 is 0 Å². The Morgan fingerprint density at radius 1 is 0.304 bits per heavy atom. The van der Waals surface area contributed by atoms with Gasteiger partial charge in [-0.05, 0) is 128 Å². The van der Waals surface area contributed by atoms with Crippen molar-refractivity contribution in [2.75, 3.05) is 13.2 Å². The van der Waals surface area contributed by atoms with Gasteiger partial charge in [-0.2, -0.15) is 0 Å². The molecule has 0 aliphatic rings. The summed E-state index contributed by atoms with van der Waals surface area (Å²) in [6.45, 7) is 6.39. The van der Waals surface area contributed by atoms with Gasteiger partial charge in [-0.25, -0.2) is 0 Å². The minimum Gasteiger partial charge on any atom is -0.462 e. The van der Waals surface area contributed by atoms with Crippen molar-refractivity contribution in [3.8, 4) is 0 Å². The first-order chi connectivity index (χ1) is 34.0. The second-order valence-corrected chi connectivity index (χ2v) is 18.1. The van der Waals surface area contributed by atoms with Crippen molar-refractivity contribution in [2.45, 2.75) is 245 Å². The first kappa shape index (κ1) is 64.8. The molecule has 6 nitrogen and oxygen atoms in total. The Labute approximate surface area is 424 Å². The SMILES string of the molecule is CC/C=C\C/C=C\C/C=C\C/C=C\C/C=C\CCCC(=O)O[C@H](COC(=O)CCCCCC/C=C\C/C=C\C/C=C\CCCCC)COC(=O)CCCCCCCCC/C=C\C/C=C\CCCCC. The molecule has 0 saturated heterocycles. The molecule has 0 N–H and O–H groups in total. The van der Waals surface area contributed by atoms with Crippen LogP contribution in [0.2, 0.25) is 0 Å². The summed E-state index contributed by atoms with van der Waals surface area (Å²) in [6.07, 6.45) is 77.5. The van der Waals surface area contributed by atoms with Gasteiger partial charge in [0.05, 0.1) is 0 Å². The van der Waals surface area contributed by atoms with Crippen molar-refractivity contribution in [2.24, 2.45) is 0 Å². The minimum absolute atomic E-state index is 0.115. The summed E-state index contributed by atoms with van der Waals surface area (Å²) < 4.78 is 16.8. The average molecular weight is 956 g/mol. The summed E-state index contributed by atoms with van der Waals surface area (Å²) in [7, 11) is 0. The molecule has 0 amide bonds. The summed E-state index contributed by atoms with van der Waals surface area (Å²) in [6, 6.07) is 0. The topological polar surface area (TPSA) is 78.9 Å². The Kier molecular flexibility index (Phi) is 53.0. The number of hydrogen-bond donors (Lipinski definition) is 0. The zero-order valence-electron chi connectivity index (χ0n) is 44.5. The van der Waals surface area contributed by atoms with E-state index in [1.807, 2.05) is 0 Å². The molecular formula is C63H102O6. The molecule has 0 saturated carbocycles. The first-order valence-corrected chi connectivity index (χ1v) is 28.0. The third kappa shape index (κ3) is 54.6. The molecule has 390 valence electrons. The van der Waals surface area contributed by atoms with Gasteiger partial charge in [0.25, 0.3) is 0 Å². The molecule has 69 heavy (non-hydrogen) atoms. The van der Waals surface area contributed by atoms with E-state index in [0.717, 1.165) is 116 Å². The van der Waals surface area contributed by atoms with Gasteiger partial charge in [-0.15, -0.1) is 0 Å². The number of rotatable bonds is 49. The van der Waals surface area contributed by atoms with E-state index in [1.165, 1.54) is 77.0 Å². The lowest BCUT2D eigenvalue weighted by molar-refractivity contribution is -0.167. The summed E-state index contributed by atoms with van der Waals surface area (Å²) in [5, 5.41) is 0. The van der Waals surface area contributed by atoms with Crippen LogP contribution in [0, 0.1) is 0 Å². The lowest BCUT2D eigenvalue weighted by Gasteiger charge is -2.18. The molecule has 0 heterocycles. The number of esters is 3. The molecule has 6 heteroatoms. The number of carbonyl (C=O) groups is 3. The van der Waals surface area contributed by atoms with Gasteiger partial charge in [0.1, 0.15) is 13.2 Å². The van der Waals surface area contributed by atoms with Crippen molar-refractivity contribution in [1.82, 2.24) is 0 Å². The van der Waals surface area contributed by atoms with E-state index < -0.39 is 6.10 Å². The normalized spacial score (nSPS) is 13.0. The van der Waals surface area contributed by atoms with Crippen molar-refractivity contribution >= 4 is 17.9 Å². The smallest absolute Gasteiger partial charge is 0.306 e. The Balaban J connectivity index is 4.55. The Bertz CT molecular complexity index is 1470. The van der Waals surface area contributed by atoms with Crippen LogP contribution in [-0.4, -0.2) is 37.2 Å². The highest BCUT2D eigenvalue weighted by Crippen LogP contribution is 2.13. The van der Waals surface area contributed by atoms with E-state index >= 15 is 0 Å². The molecule has 0 rings (SSSR count). The summed E-state index contributed by atoms with van der Waals surface area (Å²) in [5.74, 6) is -1.01. The fourth-order valence-corrected chi connectivity index (χ4v) is 7.22. The maximum Gasteiger partial charge on any atom is 0.306 e. The second-order valence-electron chi connectivity index (χ2n) is 18.1. The monoisotopic (exact) mass is 955 g/mol. The number of unbranched alkanes of at least 4 members (excludes halogenated alkanes) is 18. The molecule has 0 bridgehead atoms. The highest BCUT2D eigenvalue weighted by atomic mass is 16.6. The van der Waals surface area contributed by atoms with Gasteiger partial charge >= 0.3 is 17.9 Å². The van der Waals surface area contributed by atoms with Gasteiger partial charge in [0, 0.05) is 19.3 Å². The fraction of sp³-hybridized carbons (Fsp3) is 0.635. The highest BCUT2D eigenvalue weighted by Gasteiger charge is 2.19. The van der Waals surface area contributed by atoms with Gasteiger partial charge in [-0.3, -0.25) is 14.4 Å². The van der Waals surface area contributed by atoms with Gasteiger partial charge in [0.2, 0.25) is 0 Å². The van der Waals surface area contributed by atoms with E-state index in [4.69, 9.17) is 14.2 Å². The number of allylic oxidation sites excluding steroid dienone is 20. The molecule has 0 radical (unpaired) electrons. The summed E-state index contributed by atoms with van der Waals surface area (Å²) in [5.41, 5.74) is 0. The second kappa shape index (κ2) is 56.4. The van der Waals surface area contributed by atoms with Gasteiger partial charge in [0.15, 0.2) is 6.10 Å². The van der Waals surface area contributed by atoms with E-state index in [2.05, 4.69) is 142 Å². The molecule has 0 aromatic heterocycles. The zero-order valence-corrected chi connectivity index (χ0v) is 44.5. The van der Waals surface area contributed by atoms with Crippen molar-refractivity contribution in [3.63, 3.8) is 0 Å². The molecule has 1 atom stereocenters. The number of carbonyl (C=O) groups excluding carboxylic acids is 3. The third-order valence-corrected chi connectivity index (χ3v) is 11.4. The van der Waals surface area contributed by atoms with Crippen LogP contribution >= 0.6 is 0 Å². The molecule has 0 fully saturated rings. The molecule has 0 unspecified atom stereocenters. The predicted octanol–water partition coefficient (Wildman–Crippen LogP) is 18.9. The molecule has 0 aromatic carbocycles. The Morgan fingerprint density at radius 2 is 0.580 bits per heavy atom. The van der Waals surface area contributed by atoms with Crippen LogP contribution in [0.4, 0.5) is 0 Å². The Hall–Kier alpha value is -4.19. The zero-order chi connectivity index (χ0) is 50.0. The molecule has 0 spiro atoms. The number of ether oxygens (including phenoxy) is 3. The van der Waals surface area contributed by atoms with Crippen LogP contribution in [0.1, 0.15) is 239 Å². The highest BCUT2D eigenvalue weighted by molar-refractivity contribution is 5.71. The van der Waals surface area contributed by atoms with Crippen LogP contribution in [0.5, 0.6) is 0 Å². The average Bonchev–Trinajstić information content (AvgIpc) is 3.35. The van der Waals surface area contributed by atoms with Gasteiger partial charge < -0.3 is 14.2 Å². The van der Waals surface area contributed by atoms with Crippen LogP contribution in [0.15, 0.2) is 122 Å². The molecule has 0 aliphatic heterocycles. The summed E-state index contributed by atoms with van der Waals surface area (Å²) in [4.78, 5) is 38.1. The molecule has 0 aliphatic carbocycles. The maximum atomic E-state index is 12.8. The van der Waals surface area contributed by atoms with Crippen molar-refractivity contribution in [1.29, 1.82) is 0 Å². The minimum atomic E-state index is -0.824. The van der Waals surface area contributed by atoms with E-state index in [0.29, 0.717) is 19.3 Å². The van der Waals surface area contributed by atoms with Crippen molar-refractivity contribution < 1.29 is 28.6 Å². The standard InChI is InChI=1S/C63H102O6/c1-4-7-10-13-16-19-22-25-28-31-34-37-40-43-46-49-52-55-61(64)67-58-60(69-63(66)57-54-51-48-45-42-39-36-33-30-27-24-21-18-15-12-9-6-3)59-68-62(65)56-53-50-47-44-41-38-35-32-29-26-23-20-17-14-11-8-5-2/h9,12,16-21,25-30,34,36-37,39,45,48,60H,4-8,10-11,13-15,22-24,31-33,35,38,40-44,46-47,49-59H2,1-3H3/b12-9-,19-16-,20-17-,21-18-,28-25-,29-26-,30-27-,37-34-,39-36-,48-45-/t60-/m1/s1. The summed E-state index contributed by atoms with van der Waals surface area (Å²) >= 11 is 0. The van der Waals surface area contributed by atoms with Crippen molar-refractivity contribution in [3.05, 3.63) is 122 Å². The van der Waals surface area contributed by atoms with E-state index in [1.54, 1.807) is 0 Å².